The molecule has 0 fully saturated rings. The molecule has 3 aromatic rings. The van der Waals surface area contributed by atoms with E-state index in [1.165, 1.54) is 17.0 Å². The van der Waals surface area contributed by atoms with Gasteiger partial charge >= 0.3 is 0 Å². The van der Waals surface area contributed by atoms with Gasteiger partial charge in [-0.05, 0) is 73.9 Å². The first-order chi connectivity index (χ1) is 18.9. The fourth-order valence-electron chi connectivity index (χ4n) is 3.98. The lowest BCUT2D eigenvalue weighted by molar-refractivity contribution is -0.139. The summed E-state index contributed by atoms with van der Waals surface area (Å²) in [4.78, 5) is 28.5. The monoisotopic (exact) mass is 585 g/mol. The smallest absolute Gasteiger partial charge is 0.264 e. The largest absolute Gasteiger partial charge is 0.497 e. The van der Waals surface area contributed by atoms with Crippen molar-refractivity contribution in [1.29, 1.82) is 0 Å². The van der Waals surface area contributed by atoms with Crippen molar-refractivity contribution in [3.8, 4) is 5.75 Å². The quantitative estimate of drug-likeness (QED) is 0.321. The van der Waals surface area contributed by atoms with E-state index in [0.29, 0.717) is 17.3 Å². The van der Waals surface area contributed by atoms with Crippen LogP contribution < -0.4 is 14.4 Å². The minimum atomic E-state index is -4.14. The molecule has 0 saturated carbocycles. The molecule has 3 aromatic carbocycles. The summed E-state index contributed by atoms with van der Waals surface area (Å²) in [6.07, 6.45) is 0. The molecular weight excluding hydrogens is 550 g/mol. The number of hydrogen-bond acceptors (Lipinski definition) is 5. The zero-order valence-electron chi connectivity index (χ0n) is 23.4. The van der Waals surface area contributed by atoms with E-state index in [9.17, 15) is 18.0 Å². The third-order valence-electron chi connectivity index (χ3n) is 6.34. The van der Waals surface area contributed by atoms with Crippen LogP contribution in [0.15, 0.2) is 77.7 Å². The van der Waals surface area contributed by atoms with Gasteiger partial charge in [0.1, 0.15) is 18.3 Å². The van der Waals surface area contributed by atoms with Gasteiger partial charge in [0.15, 0.2) is 0 Å². The van der Waals surface area contributed by atoms with Crippen molar-refractivity contribution in [3.63, 3.8) is 0 Å². The number of anilines is 1. The van der Waals surface area contributed by atoms with Gasteiger partial charge in [0.05, 0.1) is 17.7 Å². The zero-order chi connectivity index (χ0) is 29.4. The molecule has 214 valence electrons. The van der Waals surface area contributed by atoms with Crippen LogP contribution in [0.25, 0.3) is 0 Å². The third-order valence-corrected chi connectivity index (χ3v) is 8.38. The summed E-state index contributed by atoms with van der Waals surface area (Å²) in [6.45, 7) is 7.44. The molecule has 1 N–H and O–H groups in total. The standard InChI is InChI=1S/C30H36ClN3O5S/c1-21(2)18-32-30(36)23(4)33(19-24-7-6-8-27(17-24)39-5)29(35)20-34(26-13-11-25(31)12-14-26)40(37,38)28-15-9-22(3)10-16-28/h6-17,21,23H,18-20H2,1-5H3,(H,32,36)/t23-/m0/s1. The minimum absolute atomic E-state index is 0.0444. The molecule has 0 spiro atoms. The SMILES string of the molecule is COc1cccc(CN(C(=O)CN(c2ccc(Cl)cc2)S(=O)(=O)c2ccc(C)cc2)[C@@H](C)C(=O)NCC(C)C)c1. The topological polar surface area (TPSA) is 96.0 Å². The van der Waals surface area contributed by atoms with Crippen LogP contribution in [0.4, 0.5) is 5.69 Å². The second-order valence-electron chi connectivity index (χ2n) is 9.99. The van der Waals surface area contributed by atoms with E-state index in [1.807, 2.05) is 26.8 Å². The Labute approximate surface area is 241 Å². The van der Waals surface area contributed by atoms with Gasteiger partial charge in [-0.15, -0.1) is 0 Å². The Morgan fingerprint density at radius 3 is 2.23 bits per heavy atom. The number of carbonyl (C=O) groups is 2. The number of nitrogens with one attached hydrogen (secondary N) is 1. The number of amides is 2. The Hall–Kier alpha value is -3.56. The lowest BCUT2D eigenvalue weighted by Gasteiger charge is -2.32. The van der Waals surface area contributed by atoms with Crippen molar-refractivity contribution in [2.24, 2.45) is 5.92 Å². The predicted molar refractivity (Wildman–Crippen MR) is 158 cm³/mol. The molecule has 3 rings (SSSR count). The van der Waals surface area contributed by atoms with Gasteiger partial charge in [-0.25, -0.2) is 8.42 Å². The summed E-state index contributed by atoms with van der Waals surface area (Å²) in [5.74, 6) is -0.0460. The average molecular weight is 586 g/mol. The van der Waals surface area contributed by atoms with Gasteiger partial charge in [-0.3, -0.25) is 13.9 Å². The Morgan fingerprint density at radius 1 is 0.975 bits per heavy atom. The Kier molecular flexibility index (Phi) is 10.6. The minimum Gasteiger partial charge on any atom is -0.497 e. The number of nitrogens with zero attached hydrogens (tertiary/aromatic N) is 2. The first-order valence-corrected chi connectivity index (χ1v) is 14.8. The molecule has 0 bridgehead atoms. The van der Waals surface area contributed by atoms with Crippen molar-refractivity contribution in [2.75, 3.05) is 24.5 Å². The van der Waals surface area contributed by atoms with Gasteiger partial charge < -0.3 is 15.0 Å². The Bertz CT molecular complexity index is 1410. The van der Waals surface area contributed by atoms with Crippen LogP contribution in [0.5, 0.6) is 5.75 Å². The number of halogens is 1. The van der Waals surface area contributed by atoms with E-state index in [2.05, 4.69) is 5.32 Å². The Morgan fingerprint density at radius 2 is 1.62 bits per heavy atom. The van der Waals surface area contributed by atoms with Crippen LogP contribution in [0.2, 0.25) is 5.02 Å². The highest BCUT2D eigenvalue weighted by molar-refractivity contribution is 7.92. The highest BCUT2D eigenvalue weighted by Crippen LogP contribution is 2.26. The maximum Gasteiger partial charge on any atom is 0.264 e. The van der Waals surface area contributed by atoms with Crippen molar-refractivity contribution in [3.05, 3.63) is 88.9 Å². The maximum absolute atomic E-state index is 14.0. The van der Waals surface area contributed by atoms with Crippen molar-refractivity contribution < 1.29 is 22.7 Å². The number of benzene rings is 3. The molecule has 8 nitrogen and oxygen atoms in total. The van der Waals surface area contributed by atoms with E-state index in [4.69, 9.17) is 16.3 Å². The lowest BCUT2D eigenvalue weighted by atomic mass is 10.1. The number of sulfonamides is 1. The first-order valence-electron chi connectivity index (χ1n) is 13.0. The number of aryl methyl sites for hydroxylation is 1. The zero-order valence-corrected chi connectivity index (χ0v) is 25.0. The molecule has 0 heterocycles. The van der Waals surface area contributed by atoms with Gasteiger partial charge in [0, 0.05) is 18.1 Å². The van der Waals surface area contributed by atoms with E-state index in [-0.39, 0.29) is 29.0 Å². The number of ether oxygens (including phenoxy) is 1. The molecule has 0 aliphatic carbocycles. The normalized spacial score (nSPS) is 12.1. The fraction of sp³-hybridized carbons (Fsp3) is 0.333. The van der Waals surface area contributed by atoms with Crippen LogP contribution in [0.3, 0.4) is 0 Å². The molecule has 0 unspecified atom stereocenters. The number of carbonyl (C=O) groups excluding carboxylic acids is 2. The average Bonchev–Trinajstić information content (AvgIpc) is 2.93. The van der Waals surface area contributed by atoms with Crippen LogP contribution in [-0.4, -0.2) is 51.4 Å². The van der Waals surface area contributed by atoms with Gasteiger partial charge in [-0.1, -0.05) is 55.3 Å². The predicted octanol–water partition coefficient (Wildman–Crippen LogP) is 5.04. The molecule has 0 saturated heterocycles. The van der Waals surface area contributed by atoms with E-state index in [1.54, 1.807) is 68.6 Å². The van der Waals surface area contributed by atoms with E-state index < -0.39 is 28.5 Å². The maximum atomic E-state index is 14.0. The summed E-state index contributed by atoms with van der Waals surface area (Å²) in [5, 5.41) is 3.30. The lowest BCUT2D eigenvalue weighted by Crippen LogP contribution is -2.51. The fourth-order valence-corrected chi connectivity index (χ4v) is 5.52. The molecule has 0 aliphatic heterocycles. The van der Waals surface area contributed by atoms with Gasteiger partial charge in [0.2, 0.25) is 11.8 Å². The molecule has 1 atom stereocenters. The highest BCUT2D eigenvalue weighted by atomic mass is 35.5. The van der Waals surface area contributed by atoms with Gasteiger partial charge in [0.25, 0.3) is 10.0 Å². The van der Waals surface area contributed by atoms with Crippen LogP contribution >= 0.6 is 11.6 Å². The van der Waals surface area contributed by atoms with Crippen molar-refractivity contribution >= 4 is 39.1 Å². The second kappa shape index (κ2) is 13.7. The summed E-state index contributed by atoms with van der Waals surface area (Å²) in [5.41, 5.74) is 1.91. The molecule has 0 aromatic heterocycles. The highest BCUT2D eigenvalue weighted by Gasteiger charge is 2.32. The third kappa shape index (κ3) is 7.99. The van der Waals surface area contributed by atoms with Gasteiger partial charge in [-0.2, -0.15) is 0 Å². The molecule has 0 aliphatic rings. The summed E-state index contributed by atoms with van der Waals surface area (Å²) >= 11 is 6.07. The van der Waals surface area contributed by atoms with Crippen molar-refractivity contribution in [1.82, 2.24) is 10.2 Å². The number of rotatable bonds is 12. The molecule has 10 heteroatoms. The van der Waals surface area contributed by atoms with Crippen LogP contribution in [0, 0.1) is 12.8 Å². The van der Waals surface area contributed by atoms with E-state index >= 15 is 0 Å². The molecule has 2 amide bonds. The van der Waals surface area contributed by atoms with Crippen LogP contribution in [0.1, 0.15) is 31.9 Å². The molecular formula is C30H36ClN3O5S. The number of methoxy groups -OCH3 is 1. The molecule has 40 heavy (non-hydrogen) atoms. The van der Waals surface area contributed by atoms with Crippen LogP contribution in [-0.2, 0) is 26.2 Å². The Balaban J connectivity index is 2.01. The first kappa shape index (κ1) is 31.0. The molecule has 0 radical (unpaired) electrons. The van der Waals surface area contributed by atoms with Crippen molar-refractivity contribution in [2.45, 2.75) is 45.2 Å². The summed E-state index contributed by atoms with van der Waals surface area (Å²) < 4.78 is 34.0. The van der Waals surface area contributed by atoms with E-state index in [0.717, 1.165) is 15.4 Å². The number of hydrogen-bond donors (Lipinski definition) is 1. The summed E-state index contributed by atoms with van der Waals surface area (Å²) in [6, 6.07) is 18.9. The summed E-state index contributed by atoms with van der Waals surface area (Å²) in [7, 11) is -2.60. The second-order valence-corrected chi connectivity index (χ2v) is 12.3.